The van der Waals surface area contributed by atoms with Crippen LogP contribution in [-0.2, 0) is 21.8 Å². The Balaban J connectivity index is 1.91. The van der Waals surface area contributed by atoms with E-state index in [2.05, 4.69) is 5.10 Å². The van der Waals surface area contributed by atoms with Gasteiger partial charge in [-0.15, -0.1) is 0 Å². The Morgan fingerprint density at radius 2 is 1.78 bits per heavy atom. The van der Waals surface area contributed by atoms with E-state index < -0.39 is 10.0 Å². The van der Waals surface area contributed by atoms with E-state index in [0.29, 0.717) is 37.6 Å². The van der Waals surface area contributed by atoms with E-state index in [1.807, 2.05) is 0 Å². The lowest BCUT2D eigenvalue weighted by Crippen LogP contribution is -2.40. The standard InChI is InChI=1S/C15H19N3O4S/c1-11-14(16-17(2)15(11)19)12-3-5-13(6-4-12)23(20,21)18-7-9-22-10-8-18/h3-6,19H,7-10H2,1-2H3. The number of aryl methyl sites for hydroxylation is 1. The van der Waals surface area contributed by atoms with Crippen molar-refractivity contribution in [2.75, 3.05) is 26.3 Å². The number of nitrogens with zero attached hydrogens (tertiary/aromatic N) is 3. The van der Waals surface area contributed by atoms with Crippen LogP contribution in [0.15, 0.2) is 29.2 Å². The van der Waals surface area contributed by atoms with Crippen LogP contribution in [0.5, 0.6) is 5.88 Å². The van der Waals surface area contributed by atoms with Gasteiger partial charge in [0.1, 0.15) is 0 Å². The van der Waals surface area contributed by atoms with Crippen molar-refractivity contribution in [3.8, 4) is 17.1 Å². The maximum atomic E-state index is 12.6. The second-order valence-electron chi connectivity index (χ2n) is 5.46. The van der Waals surface area contributed by atoms with E-state index in [1.54, 1.807) is 38.2 Å². The van der Waals surface area contributed by atoms with Crippen LogP contribution >= 0.6 is 0 Å². The van der Waals surface area contributed by atoms with Gasteiger partial charge in [-0.05, 0) is 19.1 Å². The molecule has 1 aromatic carbocycles. The lowest BCUT2D eigenvalue weighted by atomic mass is 10.1. The van der Waals surface area contributed by atoms with Crippen LogP contribution in [0.25, 0.3) is 11.3 Å². The van der Waals surface area contributed by atoms with Crippen molar-refractivity contribution in [3.05, 3.63) is 29.8 Å². The van der Waals surface area contributed by atoms with Crippen molar-refractivity contribution in [2.24, 2.45) is 7.05 Å². The average Bonchev–Trinajstić information content (AvgIpc) is 2.83. The molecule has 0 atom stereocenters. The number of sulfonamides is 1. The fraction of sp³-hybridized carbons (Fsp3) is 0.400. The van der Waals surface area contributed by atoms with Crippen molar-refractivity contribution < 1.29 is 18.3 Å². The highest BCUT2D eigenvalue weighted by Gasteiger charge is 2.26. The Kier molecular flexibility index (Phi) is 4.13. The number of aromatic hydroxyl groups is 1. The molecule has 124 valence electrons. The quantitative estimate of drug-likeness (QED) is 0.907. The molecule has 0 saturated carbocycles. The Bertz CT molecular complexity index is 806. The van der Waals surface area contributed by atoms with Gasteiger partial charge in [-0.1, -0.05) is 12.1 Å². The fourth-order valence-electron chi connectivity index (χ4n) is 2.62. The molecule has 23 heavy (non-hydrogen) atoms. The predicted molar refractivity (Wildman–Crippen MR) is 84.6 cm³/mol. The van der Waals surface area contributed by atoms with Crippen LogP contribution in [0.3, 0.4) is 0 Å². The molecular formula is C15H19N3O4S. The SMILES string of the molecule is Cc1c(-c2ccc(S(=O)(=O)N3CCOCC3)cc2)nn(C)c1O. The van der Waals surface area contributed by atoms with Gasteiger partial charge in [-0.25, -0.2) is 13.1 Å². The zero-order valence-corrected chi connectivity index (χ0v) is 13.9. The molecule has 1 N–H and O–H groups in total. The lowest BCUT2D eigenvalue weighted by Gasteiger charge is -2.26. The number of aromatic nitrogens is 2. The summed E-state index contributed by atoms with van der Waals surface area (Å²) in [5, 5.41) is 14.1. The van der Waals surface area contributed by atoms with Gasteiger partial charge in [0, 0.05) is 31.3 Å². The van der Waals surface area contributed by atoms with Gasteiger partial charge >= 0.3 is 0 Å². The Morgan fingerprint density at radius 3 is 2.30 bits per heavy atom. The molecule has 8 heteroatoms. The minimum atomic E-state index is -3.50. The van der Waals surface area contributed by atoms with Crippen molar-refractivity contribution in [3.63, 3.8) is 0 Å². The average molecular weight is 337 g/mol. The van der Waals surface area contributed by atoms with Crippen molar-refractivity contribution in [1.29, 1.82) is 0 Å². The zero-order chi connectivity index (χ0) is 16.6. The molecule has 1 aliphatic rings. The normalized spacial score (nSPS) is 16.6. The van der Waals surface area contributed by atoms with E-state index in [1.165, 1.54) is 8.99 Å². The molecule has 2 aromatic rings. The maximum Gasteiger partial charge on any atom is 0.243 e. The minimum absolute atomic E-state index is 0.102. The monoisotopic (exact) mass is 337 g/mol. The summed E-state index contributed by atoms with van der Waals surface area (Å²) in [6.45, 7) is 3.36. The van der Waals surface area contributed by atoms with E-state index in [-0.39, 0.29) is 10.8 Å². The summed E-state index contributed by atoms with van der Waals surface area (Å²) in [5.74, 6) is 0.102. The summed E-state index contributed by atoms with van der Waals surface area (Å²) in [6.07, 6.45) is 0. The van der Waals surface area contributed by atoms with Gasteiger partial charge in [0.25, 0.3) is 0 Å². The summed E-state index contributed by atoms with van der Waals surface area (Å²) in [6, 6.07) is 6.57. The molecule has 0 radical (unpaired) electrons. The number of benzene rings is 1. The largest absolute Gasteiger partial charge is 0.493 e. The van der Waals surface area contributed by atoms with Crippen molar-refractivity contribution in [2.45, 2.75) is 11.8 Å². The third-order valence-corrected chi connectivity index (χ3v) is 5.90. The van der Waals surface area contributed by atoms with Gasteiger partial charge in [-0.2, -0.15) is 9.40 Å². The second kappa shape index (κ2) is 5.95. The molecule has 0 unspecified atom stereocenters. The number of hydrogen-bond donors (Lipinski definition) is 1. The topological polar surface area (TPSA) is 84.7 Å². The summed E-state index contributed by atoms with van der Waals surface area (Å²) >= 11 is 0. The van der Waals surface area contributed by atoms with Gasteiger partial charge in [-0.3, -0.25) is 0 Å². The van der Waals surface area contributed by atoms with Crippen LogP contribution < -0.4 is 0 Å². The van der Waals surface area contributed by atoms with E-state index in [4.69, 9.17) is 4.74 Å². The molecular weight excluding hydrogens is 318 g/mol. The summed E-state index contributed by atoms with van der Waals surface area (Å²) in [4.78, 5) is 0.251. The number of rotatable bonds is 3. The van der Waals surface area contributed by atoms with Crippen LogP contribution in [0, 0.1) is 6.92 Å². The van der Waals surface area contributed by atoms with Crippen LogP contribution in [0.4, 0.5) is 0 Å². The van der Waals surface area contributed by atoms with Gasteiger partial charge in [0.05, 0.1) is 23.8 Å². The highest BCUT2D eigenvalue weighted by Crippen LogP contribution is 2.29. The minimum Gasteiger partial charge on any atom is -0.493 e. The van der Waals surface area contributed by atoms with Gasteiger partial charge in [0.15, 0.2) is 0 Å². The molecule has 0 aliphatic carbocycles. The van der Waals surface area contributed by atoms with E-state index in [9.17, 15) is 13.5 Å². The fourth-order valence-corrected chi connectivity index (χ4v) is 4.02. The van der Waals surface area contributed by atoms with Crippen LogP contribution in [0.1, 0.15) is 5.56 Å². The molecule has 1 aromatic heterocycles. The summed E-state index contributed by atoms with van der Waals surface area (Å²) in [5.41, 5.74) is 2.07. The number of morpholine rings is 1. The maximum absolute atomic E-state index is 12.6. The molecule has 2 heterocycles. The molecule has 0 bridgehead atoms. The van der Waals surface area contributed by atoms with E-state index in [0.717, 1.165) is 5.56 Å². The zero-order valence-electron chi connectivity index (χ0n) is 13.1. The van der Waals surface area contributed by atoms with Gasteiger partial charge < -0.3 is 9.84 Å². The molecule has 1 fully saturated rings. The molecule has 0 spiro atoms. The molecule has 7 nitrogen and oxygen atoms in total. The Morgan fingerprint density at radius 1 is 1.17 bits per heavy atom. The first-order chi connectivity index (χ1) is 10.9. The first-order valence-corrected chi connectivity index (χ1v) is 8.76. The molecule has 3 rings (SSSR count). The van der Waals surface area contributed by atoms with Crippen LogP contribution in [0.2, 0.25) is 0 Å². The first kappa shape index (κ1) is 16.0. The van der Waals surface area contributed by atoms with Gasteiger partial charge in [0.2, 0.25) is 15.9 Å². The molecule has 1 aliphatic heterocycles. The first-order valence-electron chi connectivity index (χ1n) is 7.32. The summed E-state index contributed by atoms with van der Waals surface area (Å²) < 4.78 is 33.2. The van der Waals surface area contributed by atoms with Crippen molar-refractivity contribution >= 4 is 10.0 Å². The van der Waals surface area contributed by atoms with Crippen molar-refractivity contribution in [1.82, 2.24) is 14.1 Å². The number of hydrogen-bond acceptors (Lipinski definition) is 5. The summed E-state index contributed by atoms with van der Waals surface area (Å²) in [7, 11) is -1.84. The third-order valence-electron chi connectivity index (χ3n) is 3.98. The molecule has 1 saturated heterocycles. The number of ether oxygens (including phenoxy) is 1. The Labute approximate surface area is 135 Å². The predicted octanol–water partition coefficient (Wildman–Crippen LogP) is 1.12. The smallest absolute Gasteiger partial charge is 0.243 e. The Hall–Kier alpha value is -1.90. The third kappa shape index (κ3) is 2.85. The lowest BCUT2D eigenvalue weighted by molar-refractivity contribution is 0.0730. The second-order valence-corrected chi connectivity index (χ2v) is 7.40. The van der Waals surface area contributed by atoms with Crippen LogP contribution in [-0.4, -0.2) is 53.9 Å². The molecule has 0 amide bonds. The highest BCUT2D eigenvalue weighted by atomic mass is 32.2. The highest BCUT2D eigenvalue weighted by molar-refractivity contribution is 7.89. The van der Waals surface area contributed by atoms with E-state index >= 15 is 0 Å².